The molecule has 0 aromatic heterocycles. The molecular weight excluding hydrogens is 310 g/mol. The zero-order valence-electron chi connectivity index (χ0n) is 15.5. The molecule has 1 atom stereocenters. The van der Waals surface area contributed by atoms with Gasteiger partial charge in [0.15, 0.2) is 0 Å². The van der Waals surface area contributed by atoms with E-state index in [2.05, 4.69) is 30.1 Å². The zero-order chi connectivity index (χ0) is 17.9. The molecule has 0 radical (unpaired) electrons. The van der Waals surface area contributed by atoms with Crippen molar-refractivity contribution in [3.8, 4) is 5.75 Å². The summed E-state index contributed by atoms with van der Waals surface area (Å²) in [6.45, 7) is 4.69. The molecule has 1 heterocycles. The molecule has 1 aliphatic rings. The van der Waals surface area contributed by atoms with Gasteiger partial charge in [0.1, 0.15) is 12.4 Å². The standard InChI is InChI=1S/C16H18O2.C6H13N/c1-13(17)12-18-16-10-6-5-9-15(16)11-14-7-3-2-4-8-14;1-7-5-3-2-4-6-7/h2-10,13,17H,11-12H2,1H3;2-6H2,1H3. The largest absolute Gasteiger partial charge is 0.491 e. The average Bonchev–Trinajstić information content (AvgIpc) is 2.63. The van der Waals surface area contributed by atoms with Gasteiger partial charge in [-0.1, -0.05) is 55.0 Å². The third kappa shape index (κ3) is 7.72. The topological polar surface area (TPSA) is 32.7 Å². The SMILES string of the molecule is CC(O)COc1ccccc1Cc1ccccc1.CN1CCCCC1. The number of nitrogens with zero attached hydrogens (tertiary/aromatic N) is 1. The maximum absolute atomic E-state index is 9.27. The van der Waals surface area contributed by atoms with Gasteiger partial charge in [-0.2, -0.15) is 0 Å². The number of hydrogen-bond donors (Lipinski definition) is 1. The van der Waals surface area contributed by atoms with Crippen molar-refractivity contribution in [2.24, 2.45) is 0 Å². The van der Waals surface area contributed by atoms with Crippen molar-refractivity contribution in [1.82, 2.24) is 4.90 Å². The Kier molecular flexibility index (Phi) is 8.50. The number of piperidine rings is 1. The number of aliphatic hydroxyl groups is 1. The van der Waals surface area contributed by atoms with E-state index < -0.39 is 6.10 Å². The molecule has 136 valence electrons. The van der Waals surface area contributed by atoms with Gasteiger partial charge < -0.3 is 14.7 Å². The fourth-order valence-electron chi connectivity index (χ4n) is 2.87. The van der Waals surface area contributed by atoms with Gasteiger partial charge in [0.2, 0.25) is 0 Å². The molecular formula is C22H31NO2. The minimum absolute atomic E-state index is 0.325. The van der Waals surface area contributed by atoms with E-state index in [1.165, 1.54) is 37.9 Å². The van der Waals surface area contributed by atoms with Gasteiger partial charge in [0, 0.05) is 6.42 Å². The minimum atomic E-state index is -0.449. The van der Waals surface area contributed by atoms with Crippen LogP contribution in [0.2, 0.25) is 0 Å². The molecule has 0 amide bonds. The molecule has 2 aromatic carbocycles. The van der Waals surface area contributed by atoms with Gasteiger partial charge in [0.25, 0.3) is 0 Å². The van der Waals surface area contributed by atoms with Crippen LogP contribution < -0.4 is 4.74 Å². The maximum Gasteiger partial charge on any atom is 0.122 e. The minimum Gasteiger partial charge on any atom is -0.491 e. The van der Waals surface area contributed by atoms with Crippen molar-refractivity contribution in [2.75, 3.05) is 26.7 Å². The zero-order valence-corrected chi connectivity index (χ0v) is 15.5. The summed E-state index contributed by atoms with van der Waals surface area (Å²) >= 11 is 0. The lowest BCUT2D eigenvalue weighted by molar-refractivity contribution is 0.122. The smallest absolute Gasteiger partial charge is 0.122 e. The number of rotatable bonds is 5. The molecule has 1 saturated heterocycles. The number of aliphatic hydroxyl groups excluding tert-OH is 1. The first-order valence-electron chi connectivity index (χ1n) is 9.26. The molecule has 3 heteroatoms. The van der Waals surface area contributed by atoms with E-state index in [4.69, 9.17) is 4.74 Å². The summed E-state index contributed by atoms with van der Waals surface area (Å²) in [5.41, 5.74) is 2.40. The number of benzene rings is 2. The first-order chi connectivity index (χ1) is 12.1. The molecule has 3 nitrogen and oxygen atoms in total. The van der Waals surface area contributed by atoms with E-state index in [1.807, 2.05) is 36.4 Å². The van der Waals surface area contributed by atoms with Gasteiger partial charge in [-0.25, -0.2) is 0 Å². The Labute approximate surface area is 152 Å². The lowest BCUT2D eigenvalue weighted by Gasteiger charge is -2.20. The molecule has 0 spiro atoms. The van der Waals surface area contributed by atoms with Crippen LogP contribution in [-0.4, -0.2) is 42.9 Å². The Bertz CT molecular complexity index is 592. The Morgan fingerprint density at radius 2 is 1.60 bits per heavy atom. The summed E-state index contributed by atoms with van der Waals surface area (Å²) in [5, 5.41) is 9.27. The monoisotopic (exact) mass is 341 g/mol. The van der Waals surface area contributed by atoms with E-state index in [0.717, 1.165) is 17.7 Å². The van der Waals surface area contributed by atoms with Gasteiger partial charge in [-0.3, -0.25) is 0 Å². The van der Waals surface area contributed by atoms with Crippen LogP contribution in [0.4, 0.5) is 0 Å². The van der Waals surface area contributed by atoms with Crippen LogP contribution in [-0.2, 0) is 6.42 Å². The highest BCUT2D eigenvalue weighted by Gasteiger charge is 2.05. The van der Waals surface area contributed by atoms with E-state index in [0.29, 0.717) is 6.61 Å². The number of hydrogen-bond acceptors (Lipinski definition) is 3. The number of likely N-dealkylation sites (tertiary alicyclic amines) is 1. The van der Waals surface area contributed by atoms with Crippen molar-refractivity contribution in [1.29, 1.82) is 0 Å². The molecule has 1 aliphatic heterocycles. The quantitative estimate of drug-likeness (QED) is 0.887. The molecule has 1 fully saturated rings. The van der Waals surface area contributed by atoms with Crippen molar-refractivity contribution in [3.05, 3.63) is 65.7 Å². The number of ether oxygens (including phenoxy) is 1. The second kappa shape index (κ2) is 10.9. The highest BCUT2D eigenvalue weighted by molar-refractivity contribution is 5.37. The van der Waals surface area contributed by atoms with E-state index in [9.17, 15) is 5.11 Å². The molecule has 0 bridgehead atoms. The molecule has 1 unspecified atom stereocenters. The van der Waals surface area contributed by atoms with Crippen LogP contribution in [0.15, 0.2) is 54.6 Å². The van der Waals surface area contributed by atoms with E-state index in [-0.39, 0.29) is 0 Å². The van der Waals surface area contributed by atoms with Crippen LogP contribution in [0.3, 0.4) is 0 Å². The van der Waals surface area contributed by atoms with Crippen LogP contribution in [0.1, 0.15) is 37.3 Å². The van der Waals surface area contributed by atoms with Crippen molar-refractivity contribution in [3.63, 3.8) is 0 Å². The second-order valence-corrected chi connectivity index (χ2v) is 6.79. The lowest BCUT2D eigenvalue weighted by Crippen LogP contribution is -2.24. The third-order valence-electron chi connectivity index (χ3n) is 4.27. The molecule has 3 rings (SSSR count). The van der Waals surface area contributed by atoms with Crippen LogP contribution >= 0.6 is 0 Å². The Balaban J connectivity index is 0.000000269. The molecule has 1 N–H and O–H groups in total. The highest BCUT2D eigenvalue weighted by Crippen LogP contribution is 2.21. The molecule has 0 aliphatic carbocycles. The van der Waals surface area contributed by atoms with Crippen molar-refractivity contribution in [2.45, 2.75) is 38.7 Å². The molecule has 0 saturated carbocycles. The Morgan fingerprint density at radius 3 is 2.20 bits per heavy atom. The lowest BCUT2D eigenvalue weighted by atomic mass is 10.0. The first-order valence-corrected chi connectivity index (χ1v) is 9.26. The van der Waals surface area contributed by atoms with E-state index in [1.54, 1.807) is 6.92 Å². The van der Waals surface area contributed by atoms with Crippen LogP contribution in [0.5, 0.6) is 5.75 Å². The summed E-state index contributed by atoms with van der Waals surface area (Å²) in [4.78, 5) is 2.39. The Morgan fingerprint density at radius 1 is 0.960 bits per heavy atom. The summed E-state index contributed by atoms with van der Waals surface area (Å²) in [7, 11) is 2.19. The maximum atomic E-state index is 9.27. The van der Waals surface area contributed by atoms with Gasteiger partial charge in [0.05, 0.1) is 6.10 Å². The second-order valence-electron chi connectivity index (χ2n) is 6.79. The van der Waals surface area contributed by atoms with E-state index >= 15 is 0 Å². The normalized spacial score (nSPS) is 15.8. The highest BCUT2D eigenvalue weighted by atomic mass is 16.5. The number of para-hydroxylation sites is 1. The summed E-state index contributed by atoms with van der Waals surface area (Å²) in [6.07, 6.45) is 4.67. The van der Waals surface area contributed by atoms with Gasteiger partial charge in [-0.15, -0.1) is 0 Å². The molecule has 25 heavy (non-hydrogen) atoms. The van der Waals surface area contributed by atoms with Crippen molar-refractivity contribution < 1.29 is 9.84 Å². The van der Waals surface area contributed by atoms with Crippen LogP contribution in [0.25, 0.3) is 0 Å². The predicted octanol–water partition coefficient (Wildman–Crippen LogP) is 4.14. The summed E-state index contributed by atoms with van der Waals surface area (Å²) in [5.74, 6) is 0.849. The predicted molar refractivity (Wildman–Crippen MR) is 104 cm³/mol. The average molecular weight is 341 g/mol. The fourth-order valence-corrected chi connectivity index (χ4v) is 2.87. The summed E-state index contributed by atoms with van der Waals surface area (Å²) in [6, 6.07) is 18.3. The summed E-state index contributed by atoms with van der Waals surface area (Å²) < 4.78 is 5.62. The third-order valence-corrected chi connectivity index (χ3v) is 4.27. The van der Waals surface area contributed by atoms with Crippen LogP contribution in [0, 0.1) is 0 Å². The van der Waals surface area contributed by atoms with Gasteiger partial charge in [-0.05, 0) is 57.1 Å². The first kappa shape index (κ1) is 19.5. The molecule has 2 aromatic rings. The van der Waals surface area contributed by atoms with Crippen molar-refractivity contribution >= 4 is 0 Å². The van der Waals surface area contributed by atoms with Gasteiger partial charge >= 0.3 is 0 Å². The fraction of sp³-hybridized carbons (Fsp3) is 0.455. The Hall–Kier alpha value is -1.84.